The maximum atomic E-state index is 14.0. The molecule has 0 aliphatic heterocycles. The number of aryl methyl sites for hydroxylation is 1. The predicted octanol–water partition coefficient (Wildman–Crippen LogP) is 4.32. The SMILES string of the molecule is Cc1cccc(OC(c2ccc(Cl)s2)C(C)N)c1F. The van der Waals surface area contributed by atoms with E-state index in [1.807, 2.05) is 13.0 Å². The lowest BCUT2D eigenvalue weighted by molar-refractivity contribution is 0.176. The molecule has 0 radical (unpaired) electrons. The highest BCUT2D eigenvalue weighted by Gasteiger charge is 2.22. The Morgan fingerprint density at radius 1 is 1.32 bits per heavy atom. The second kappa shape index (κ2) is 5.90. The van der Waals surface area contributed by atoms with Crippen LogP contribution in [0.15, 0.2) is 30.3 Å². The van der Waals surface area contributed by atoms with Crippen molar-refractivity contribution in [2.24, 2.45) is 5.73 Å². The van der Waals surface area contributed by atoms with E-state index in [1.54, 1.807) is 31.2 Å². The lowest BCUT2D eigenvalue weighted by Gasteiger charge is -2.22. The molecule has 2 aromatic rings. The summed E-state index contributed by atoms with van der Waals surface area (Å²) in [6, 6.07) is 8.43. The van der Waals surface area contributed by atoms with Gasteiger partial charge in [0.2, 0.25) is 0 Å². The van der Waals surface area contributed by atoms with Gasteiger partial charge in [-0.2, -0.15) is 0 Å². The lowest BCUT2D eigenvalue weighted by atomic mass is 10.1. The highest BCUT2D eigenvalue weighted by molar-refractivity contribution is 7.16. The van der Waals surface area contributed by atoms with Crippen LogP contribution in [0.3, 0.4) is 0 Å². The maximum Gasteiger partial charge on any atom is 0.167 e. The van der Waals surface area contributed by atoms with Crippen molar-refractivity contribution in [2.45, 2.75) is 26.0 Å². The third kappa shape index (κ3) is 3.26. The fraction of sp³-hybridized carbons (Fsp3) is 0.286. The Morgan fingerprint density at radius 2 is 2.05 bits per heavy atom. The second-order valence-corrected chi connectivity index (χ2v) is 6.17. The predicted molar refractivity (Wildman–Crippen MR) is 77.5 cm³/mol. The zero-order valence-corrected chi connectivity index (χ0v) is 12.3. The number of nitrogens with two attached hydrogens (primary N) is 1. The molecule has 0 amide bonds. The third-order valence-corrected chi connectivity index (χ3v) is 4.05. The Hall–Kier alpha value is -1.10. The van der Waals surface area contributed by atoms with Crippen LogP contribution in [-0.4, -0.2) is 6.04 Å². The summed E-state index contributed by atoms with van der Waals surface area (Å²) in [6.07, 6.45) is -0.409. The number of benzene rings is 1. The van der Waals surface area contributed by atoms with Gasteiger partial charge in [0.1, 0.15) is 6.10 Å². The van der Waals surface area contributed by atoms with Crippen molar-refractivity contribution in [3.8, 4) is 5.75 Å². The molecule has 2 atom stereocenters. The molecule has 0 saturated carbocycles. The highest BCUT2D eigenvalue weighted by atomic mass is 35.5. The van der Waals surface area contributed by atoms with E-state index in [9.17, 15) is 4.39 Å². The van der Waals surface area contributed by atoms with Gasteiger partial charge in [-0.3, -0.25) is 0 Å². The first-order valence-corrected chi connectivity index (χ1v) is 7.11. The molecule has 0 spiro atoms. The van der Waals surface area contributed by atoms with E-state index in [2.05, 4.69) is 0 Å². The number of halogens is 2. The molecule has 0 bridgehead atoms. The number of rotatable bonds is 4. The molecule has 5 heteroatoms. The monoisotopic (exact) mass is 299 g/mol. The first-order valence-electron chi connectivity index (χ1n) is 5.91. The van der Waals surface area contributed by atoms with Gasteiger partial charge in [0, 0.05) is 10.9 Å². The van der Waals surface area contributed by atoms with E-state index in [1.165, 1.54) is 11.3 Å². The van der Waals surface area contributed by atoms with Gasteiger partial charge >= 0.3 is 0 Å². The van der Waals surface area contributed by atoms with Gasteiger partial charge < -0.3 is 10.5 Å². The molecule has 1 aromatic heterocycles. The molecule has 1 heterocycles. The van der Waals surface area contributed by atoms with Gasteiger partial charge in [-0.1, -0.05) is 23.7 Å². The molecular formula is C14H15ClFNOS. The topological polar surface area (TPSA) is 35.2 Å². The van der Waals surface area contributed by atoms with Gasteiger partial charge in [-0.05, 0) is 37.6 Å². The molecule has 2 unspecified atom stereocenters. The standard InChI is InChI=1S/C14H15ClFNOS/c1-8-4-3-5-10(13(8)16)18-14(9(2)17)11-6-7-12(15)19-11/h3-7,9,14H,17H2,1-2H3. The smallest absolute Gasteiger partial charge is 0.167 e. The lowest BCUT2D eigenvalue weighted by Crippen LogP contribution is -2.28. The van der Waals surface area contributed by atoms with Crippen molar-refractivity contribution in [1.29, 1.82) is 0 Å². The fourth-order valence-corrected chi connectivity index (χ4v) is 2.96. The Labute approximate surface area is 121 Å². The van der Waals surface area contributed by atoms with Crippen LogP contribution in [-0.2, 0) is 0 Å². The average molecular weight is 300 g/mol. The molecule has 2 N–H and O–H groups in total. The van der Waals surface area contributed by atoms with Crippen LogP contribution in [0.2, 0.25) is 4.34 Å². The van der Waals surface area contributed by atoms with Crippen LogP contribution in [0.25, 0.3) is 0 Å². The summed E-state index contributed by atoms with van der Waals surface area (Å²) in [6.45, 7) is 3.52. The van der Waals surface area contributed by atoms with Gasteiger partial charge in [0.05, 0.1) is 4.34 Å². The van der Waals surface area contributed by atoms with E-state index in [0.29, 0.717) is 9.90 Å². The first-order chi connectivity index (χ1) is 8.99. The minimum atomic E-state index is -0.409. The summed E-state index contributed by atoms with van der Waals surface area (Å²) in [4.78, 5) is 0.890. The summed E-state index contributed by atoms with van der Waals surface area (Å²) in [7, 11) is 0. The highest BCUT2D eigenvalue weighted by Crippen LogP contribution is 2.33. The minimum Gasteiger partial charge on any atom is -0.480 e. The van der Waals surface area contributed by atoms with Crippen LogP contribution in [0.5, 0.6) is 5.75 Å². The van der Waals surface area contributed by atoms with E-state index >= 15 is 0 Å². The number of thiophene rings is 1. The number of ether oxygens (including phenoxy) is 1. The Balaban J connectivity index is 2.29. The molecule has 19 heavy (non-hydrogen) atoms. The van der Waals surface area contributed by atoms with Crippen molar-refractivity contribution in [2.75, 3.05) is 0 Å². The third-order valence-electron chi connectivity index (χ3n) is 2.76. The van der Waals surface area contributed by atoms with Crippen molar-refractivity contribution in [3.05, 3.63) is 50.9 Å². The molecule has 1 aromatic carbocycles. The molecule has 2 rings (SSSR count). The molecular weight excluding hydrogens is 285 g/mol. The molecule has 0 aliphatic carbocycles. The number of hydrogen-bond donors (Lipinski definition) is 1. The van der Waals surface area contributed by atoms with E-state index in [4.69, 9.17) is 22.1 Å². The zero-order chi connectivity index (χ0) is 14.0. The molecule has 2 nitrogen and oxygen atoms in total. The maximum absolute atomic E-state index is 14.0. The Bertz CT molecular complexity index is 570. The van der Waals surface area contributed by atoms with E-state index in [-0.39, 0.29) is 17.6 Å². The first kappa shape index (κ1) is 14.3. The van der Waals surface area contributed by atoms with Crippen molar-refractivity contribution in [3.63, 3.8) is 0 Å². The van der Waals surface area contributed by atoms with Crippen molar-refractivity contribution < 1.29 is 9.13 Å². The van der Waals surface area contributed by atoms with Gasteiger partial charge in [0.25, 0.3) is 0 Å². The quantitative estimate of drug-likeness (QED) is 0.912. The molecule has 0 aliphatic rings. The van der Waals surface area contributed by atoms with Crippen LogP contribution in [0.4, 0.5) is 4.39 Å². The Kier molecular flexibility index (Phi) is 4.45. The van der Waals surface area contributed by atoms with Gasteiger partial charge in [-0.15, -0.1) is 11.3 Å². The zero-order valence-electron chi connectivity index (χ0n) is 10.7. The Morgan fingerprint density at radius 3 is 2.63 bits per heavy atom. The van der Waals surface area contributed by atoms with Crippen LogP contribution in [0, 0.1) is 12.7 Å². The molecule has 0 saturated heterocycles. The molecule has 0 fully saturated rings. The summed E-state index contributed by atoms with van der Waals surface area (Å²) >= 11 is 7.31. The summed E-state index contributed by atoms with van der Waals surface area (Å²) in [5.41, 5.74) is 6.48. The van der Waals surface area contributed by atoms with Crippen LogP contribution < -0.4 is 10.5 Å². The van der Waals surface area contributed by atoms with Crippen molar-refractivity contribution >= 4 is 22.9 Å². The van der Waals surface area contributed by atoms with E-state index in [0.717, 1.165) is 4.88 Å². The summed E-state index contributed by atoms with van der Waals surface area (Å²) < 4.78 is 20.4. The van der Waals surface area contributed by atoms with Crippen LogP contribution in [0.1, 0.15) is 23.5 Å². The largest absolute Gasteiger partial charge is 0.480 e. The van der Waals surface area contributed by atoms with Crippen molar-refractivity contribution in [1.82, 2.24) is 0 Å². The van der Waals surface area contributed by atoms with E-state index < -0.39 is 6.10 Å². The van der Waals surface area contributed by atoms with Crippen LogP contribution >= 0.6 is 22.9 Å². The second-order valence-electron chi connectivity index (χ2n) is 4.43. The normalized spacial score (nSPS) is 14.2. The fourth-order valence-electron chi connectivity index (χ4n) is 1.75. The molecule has 102 valence electrons. The average Bonchev–Trinajstić information content (AvgIpc) is 2.77. The number of hydrogen-bond acceptors (Lipinski definition) is 3. The summed E-state index contributed by atoms with van der Waals surface area (Å²) in [5.74, 6) is -0.136. The minimum absolute atomic E-state index is 0.215. The van der Waals surface area contributed by atoms with Gasteiger partial charge in [0.15, 0.2) is 11.6 Å². The van der Waals surface area contributed by atoms with Gasteiger partial charge in [-0.25, -0.2) is 4.39 Å². The summed E-state index contributed by atoms with van der Waals surface area (Å²) in [5, 5.41) is 0.